The number of ether oxygens (including phenoxy) is 2. The summed E-state index contributed by atoms with van der Waals surface area (Å²) in [6.45, 7) is 2.21. The maximum absolute atomic E-state index is 12.1. The van der Waals surface area contributed by atoms with Gasteiger partial charge in [-0.05, 0) is 31.2 Å². The molecule has 0 aliphatic carbocycles. The summed E-state index contributed by atoms with van der Waals surface area (Å²) < 4.78 is 10.4. The highest BCUT2D eigenvalue weighted by Crippen LogP contribution is 2.24. The van der Waals surface area contributed by atoms with Crippen molar-refractivity contribution in [1.29, 1.82) is 0 Å². The van der Waals surface area contributed by atoms with Crippen LogP contribution in [0, 0.1) is 6.92 Å². The van der Waals surface area contributed by atoms with Crippen molar-refractivity contribution in [2.75, 3.05) is 14.2 Å². The van der Waals surface area contributed by atoms with E-state index in [2.05, 4.69) is 10.3 Å². The lowest BCUT2D eigenvalue weighted by molar-refractivity contribution is 0.0945. The smallest absolute Gasteiger partial charge is 0.270 e. The minimum atomic E-state index is -0.212. The first-order chi connectivity index (χ1) is 10.1. The van der Waals surface area contributed by atoms with E-state index in [1.54, 1.807) is 26.4 Å². The third-order valence-corrected chi connectivity index (χ3v) is 3.05. The molecule has 0 radical (unpaired) electrons. The lowest BCUT2D eigenvalue weighted by Gasteiger charge is -2.11. The van der Waals surface area contributed by atoms with Crippen LogP contribution in [0.3, 0.4) is 0 Å². The number of pyridine rings is 1. The van der Waals surface area contributed by atoms with Crippen LogP contribution in [0.2, 0.25) is 0 Å². The van der Waals surface area contributed by atoms with Gasteiger partial charge in [-0.1, -0.05) is 6.07 Å². The molecular formula is C16H18N2O3. The summed E-state index contributed by atoms with van der Waals surface area (Å²) in [5, 5.41) is 2.83. The lowest BCUT2D eigenvalue weighted by atomic mass is 10.2. The van der Waals surface area contributed by atoms with Crippen molar-refractivity contribution in [3.05, 3.63) is 53.3 Å². The molecule has 0 aliphatic rings. The SMILES string of the molecule is COc1ccc(CNC(=O)c2cccc(C)n2)c(OC)c1. The van der Waals surface area contributed by atoms with Crippen LogP contribution >= 0.6 is 0 Å². The van der Waals surface area contributed by atoms with Gasteiger partial charge in [0.15, 0.2) is 0 Å². The van der Waals surface area contributed by atoms with Crippen molar-refractivity contribution >= 4 is 5.91 Å². The number of rotatable bonds is 5. The van der Waals surface area contributed by atoms with Crippen LogP contribution in [0.15, 0.2) is 36.4 Å². The molecule has 1 heterocycles. The first kappa shape index (κ1) is 14.8. The molecule has 2 rings (SSSR count). The van der Waals surface area contributed by atoms with Gasteiger partial charge < -0.3 is 14.8 Å². The van der Waals surface area contributed by atoms with E-state index in [1.165, 1.54) is 0 Å². The van der Waals surface area contributed by atoms with E-state index in [-0.39, 0.29) is 5.91 Å². The Morgan fingerprint density at radius 3 is 2.67 bits per heavy atom. The maximum atomic E-state index is 12.1. The minimum Gasteiger partial charge on any atom is -0.497 e. The number of hydrogen-bond acceptors (Lipinski definition) is 4. The van der Waals surface area contributed by atoms with Gasteiger partial charge in [0.2, 0.25) is 0 Å². The monoisotopic (exact) mass is 286 g/mol. The van der Waals surface area contributed by atoms with Gasteiger partial charge in [-0.15, -0.1) is 0 Å². The molecule has 0 bridgehead atoms. The summed E-state index contributed by atoms with van der Waals surface area (Å²) in [5.74, 6) is 1.17. The quantitative estimate of drug-likeness (QED) is 0.916. The molecule has 0 aliphatic heterocycles. The Balaban J connectivity index is 2.07. The van der Waals surface area contributed by atoms with Crippen molar-refractivity contribution in [2.24, 2.45) is 0 Å². The second-order valence-electron chi connectivity index (χ2n) is 4.52. The summed E-state index contributed by atoms with van der Waals surface area (Å²) in [6.07, 6.45) is 0. The largest absolute Gasteiger partial charge is 0.497 e. The third-order valence-electron chi connectivity index (χ3n) is 3.05. The number of aromatic nitrogens is 1. The average Bonchev–Trinajstić information content (AvgIpc) is 2.52. The van der Waals surface area contributed by atoms with Gasteiger partial charge in [-0.25, -0.2) is 4.98 Å². The third kappa shape index (κ3) is 3.72. The molecule has 5 heteroatoms. The Hall–Kier alpha value is -2.56. The fourth-order valence-corrected chi connectivity index (χ4v) is 1.93. The van der Waals surface area contributed by atoms with E-state index in [4.69, 9.17) is 9.47 Å². The number of benzene rings is 1. The van der Waals surface area contributed by atoms with Crippen molar-refractivity contribution in [3.8, 4) is 11.5 Å². The standard InChI is InChI=1S/C16H18N2O3/c1-11-5-4-6-14(18-11)16(19)17-10-12-7-8-13(20-2)9-15(12)21-3/h4-9H,10H2,1-3H3,(H,17,19). The molecule has 0 spiro atoms. The minimum absolute atomic E-state index is 0.212. The number of carbonyl (C=O) groups is 1. The van der Waals surface area contributed by atoms with Gasteiger partial charge >= 0.3 is 0 Å². The van der Waals surface area contributed by atoms with Gasteiger partial charge in [-0.3, -0.25) is 4.79 Å². The van der Waals surface area contributed by atoms with Gasteiger partial charge in [0.1, 0.15) is 17.2 Å². The van der Waals surface area contributed by atoms with Crippen LogP contribution in [-0.2, 0) is 6.54 Å². The lowest BCUT2D eigenvalue weighted by Crippen LogP contribution is -2.24. The van der Waals surface area contributed by atoms with Crippen molar-refractivity contribution < 1.29 is 14.3 Å². The molecule has 0 unspecified atom stereocenters. The molecule has 21 heavy (non-hydrogen) atoms. The van der Waals surface area contributed by atoms with E-state index in [0.717, 1.165) is 11.3 Å². The van der Waals surface area contributed by atoms with Crippen molar-refractivity contribution in [2.45, 2.75) is 13.5 Å². The summed E-state index contributed by atoms with van der Waals surface area (Å²) in [4.78, 5) is 16.2. The molecule has 0 atom stereocenters. The highest BCUT2D eigenvalue weighted by atomic mass is 16.5. The Morgan fingerprint density at radius 2 is 2.00 bits per heavy atom. The predicted molar refractivity (Wildman–Crippen MR) is 79.7 cm³/mol. The number of aryl methyl sites for hydroxylation is 1. The molecule has 0 saturated heterocycles. The molecule has 1 aromatic heterocycles. The number of methoxy groups -OCH3 is 2. The Bertz CT molecular complexity index is 641. The first-order valence-corrected chi connectivity index (χ1v) is 6.57. The van der Waals surface area contributed by atoms with E-state index >= 15 is 0 Å². The number of nitrogens with one attached hydrogen (secondary N) is 1. The fraction of sp³-hybridized carbons (Fsp3) is 0.250. The van der Waals surface area contributed by atoms with E-state index in [9.17, 15) is 4.79 Å². The molecule has 1 aromatic carbocycles. The summed E-state index contributed by atoms with van der Waals surface area (Å²) in [6, 6.07) is 10.8. The van der Waals surface area contributed by atoms with Gasteiger partial charge in [0, 0.05) is 23.9 Å². The van der Waals surface area contributed by atoms with Gasteiger partial charge in [-0.2, -0.15) is 0 Å². The van der Waals surface area contributed by atoms with Crippen LogP contribution in [0.25, 0.3) is 0 Å². The van der Waals surface area contributed by atoms with E-state index in [0.29, 0.717) is 23.7 Å². The fourth-order valence-electron chi connectivity index (χ4n) is 1.93. The topological polar surface area (TPSA) is 60.5 Å². The number of carbonyl (C=O) groups excluding carboxylic acids is 1. The molecular weight excluding hydrogens is 268 g/mol. The zero-order valence-electron chi connectivity index (χ0n) is 12.3. The summed E-state index contributed by atoms with van der Waals surface area (Å²) >= 11 is 0. The number of amides is 1. The van der Waals surface area contributed by atoms with E-state index in [1.807, 2.05) is 31.2 Å². The number of nitrogens with zero attached hydrogens (tertiary/aromatic N) is 1. The van der Waals surface area contributed by atoms with Crippen LogP contribution in [-0.4, -0.2) is 25.1 Å². The summed E-state index contributed by atoms with van der Waals surface area (Å²) in [7, 11) is 3.18. The van der Waals surface area contributed by atoms with Crippen molar-refractivity contribution in [3.63, 3.8) is 0 Å². The molecule has 1 amide bonds. The Morgan fingerprint density at radius 1 is 1.19 bits per heavy atom. The Kier molecular flexibility index (Phi) is 4.77. The average molecular weight is 286 g/mol. The van der Waals surface area contributed by atoms with E-state index < -0.39 is 0 Å². The highest BCUT2D eigenvalue weighted by molar-refractivity contribution is 5.92. The van der Waals surface area contributed by atoms with Crippen LogP contribution in [0.5, 0.6) is 11.5 Å². The zero-order valence-corrected chi connectivity index (χ0v) is 12.3. The van der Waals surface area contributed by atoms with Gasteiger partial charge in [0.05, 0.1) is 14.2 Å². The van der Waals surface area contributed by atoms with Gasteiger partial charge in [0.25, 0.3) is 5.91 Å². The predicted octanol–water partition coefficient (Wildman–Crippen LogP) is 2.34. The second kappa shape index (κ2) is 6.74. The van der Waals surface area contributed by atoms with Crippen LogP contribution in [0.1, 0.15) is 21.7 Å². The van der Waals surface area contributed by atoms with Crippen LogP contribution < -0.4 is 14.8 Å². The highest BCUT2D eigenvalue weighted by Gasteiger charge is 2.09. The van der Waals surface area contributed by atoms with Crippen LogP contribution in [0.4, 0.5) is 0 Å². The first-order valence-electron chi connectivity index (χ1n) is 6.57. The Labute approximate surface area is 123 Å². The molecule has 2 aromatic rings. The van der Waals surface area contributed by atoms with Crippen molar-refractivity contribution in [1.82, 2.24) is 10.3 Å². The molecule has 0 fully saturated rings. The molecule has 5 nitrogen and oxygen atoms in total. The normalized spacial score (nSPS) is 10.0. The number of hydrogen-bond donors (Lipinski definition) is 1. The molecule has 1 N–H and O–H groups in total. The molecule has 0 saturated carbocycles. The summed E-state index contributed by atoms with van der Waals surface area (Å²) in [5.41, 5.74) is 2.09. The maximum Gasteiger partial charge on any atom is 0.270 e. The molecule has 110 valence electrons. The zero-order chi connectivity index (χ0) is 15.2. The second-order valence-corrected chi connectivity index (χ2v) is 4.52.